The molecule has 1 atom stereocenters. The molecule has 2 aliphatic rings. The summed E-state index contributed by atoms with van der Waals surface area (Å²) >= 11 is 0. The maximum atomic E-state index is 12.5. The number of piperazine rings is 1. The van der Waals surface area contributed by atoms with E-state index >= 15 is 0 Å². The van der Waals surface area contributed by atoms with Crippen LogP contribution in [0.4, 0.5) is 0 Å². The summed E-state index contributed by atoms with van der Waals surface area (Å²) in [4.78, 5) is 17.1. The lowest BCUT2D eigenvalue weighted by atomic mass is 9.93. The normalized spacial score (nSPS) is 20.8. The van der Waals surface area contributed by atoms with Gasteiger partial charge in [0.05, 0.1) is 7.11 Å². The van der Waals surface area contributed by atoms with E-state index in [0.29, 0.717) is 11.9 Å². The first-order chi connectivity index (χ1) is 12.7. The van der Waals surface area contributed by atoms with E-state index < -0.39 is 0 Å². The zero-order valence-corrected chi connectivity index (χ0v) is 16.2. The quantitative estimate of drug-likeness (QED) is 0.848. The Morgan fingerprint density at radius 3 is 2.65 bits per heavy atom. The van der Waals surface area contributed by atoms with Gasteiger partial charge in [-0.05, 0) is 62.9 Å². The summed E-state index contributed by atoms with van der Waals surface area (Å²) in [6, 6.07) is 8.64. The van der Waals surface area contributed by atoms with Crippen molar-refractivity contribution in [2.75, 3.05) is 46.4 Å². The van der Waals surface area contributed by atoms with Gasteiger partial charge in [0.2, 0.25) is 5.91 Å². The highest BCUT2D eigenvalue weighted by molar-refractivity contribution is 5.76. The van der Waals surface area contributed by atoms with E-state index in [4.69, 9.17) is 4.74 Å². The van der Waals surface area contributed by atoms with Gasteiger partial charge in [0.15, 0.2) is 0 Å². The number of methoxy groups -OCH3 is 1. The zero-order chi connectivity index (χ0) is 18.4. The molecule has 1 unspecified atom stereocenters. The van der Waals surface area contributed by atoms with Crippen molar-refractivity contribution in [3.05, 3.63) is 29.8 Å². The van der Waals surface area contributed by atoms with Crippen molar-refractivity contribution < 1.29 is 9.53 Å². The van der Waals surface area contributed by atoms with Crippen LogP contribution in [0.25, 0.3) is 0 Å². The SMILES string of the molecule is COc1cccc(C(C)N2CCN(C(=O)CCC3CCNCC3)CC2)c1. The summed E-state index contributed by atoms with van der Waals surface area (Å²) in [5.74, 6) is 1.98. The molecule has 26 heavy (non-hydrogen) atoms. The summed E-state index contributed by atoms with van der Waals surface area (Å²) in [6.07, 6.45) is 4.22. The van der Waals surface area contributed by atoms with E-state index in [2.05, 4.69) is 34.2 Å². The van der Waals surface area contributed by atoms with E-state index in [9.17, 15) is 4.79 Å². The Morgan fingerprint density at radius 2 is 1.96 bits per heavy atom. The van der Waals surface area contributed by atoms with Crippen molar-refractivity contribution >= 4 is 5.91 Å². The van der Waals surface area contributed by atoms with Gasteiger partial charge in [-0.25, -0.2) is 0 Å². The number of hydrogen-bond donors (Lipinski definition) is 1. The standard InChI is InChI=1S/C21H33N3O2/c1-17(19-4-3-5-20(16-19)26-2)23-12-14-24(15-13-23)21(25)7-6-18-8-10-22-11-9-18/h3-5,16-18,22H,6-15H2,1-2H3. The molecule has 144 valence electrons. The maximum Gasteiger partial charge on any atom is 0.222 e. The molecule has 0 aromatic heterocycles. The van der Waals surface area contributed by atoms with Crippen molar-refractivity contribution in [2.24, 2.45) is 5.92 Å². The topological polar surface area (TPSA) is 44.8 Å². The van der Waals surface area contributed by atoms with Crippen molar-refractivity contribution in [1.82, 2.24) is 15.1 Å². The van der Waals surface area contributed by atoms with Gasteiger partial charge in [-0.1, -0.05) is 12.1 Å². The van der Waals surface area contributed by atoms with E-state index in [-0.39, 0.29) is 0 Å². The second-order valence-corrected chi connectivity index (χ2v) is 7.60. The first-order valence-corrected chi connectivity index (χ1v) is 10.0. The Kier molecular flexibility index (Phi) is 6.92. The number of rotatable bonds is 6. The number of carbonyl (C=O) groups is 1. The van der Waals surface area contributed by atoms with Crippen LogP contribution >= 0.6 is 0 Å². The molecule has 2 fully saturated rings. The van der Waals surface area contributed by atoms with Gasteiger partial charge in [-0.2, -0.15) is 0 Å². The molecule has 5 nitrogen and oxygen atoms in total. The molecular weight excluding hydrogens is 326 g/mol. The lowest BCUT2D eigenvalue weighted by Crippen LogP contribution is -2.49. The first-order valence-electron chi connectivity index (χ1n) is 10.0. The largest absolute Gasteiger partial charge is 0.497 e. The van der Waals surface area contributed by atoms with Crippen LogP contribution in [0, 0.1) is 5.92 Å². The minimum absolute atomic E-state index is 0.345. The van der Waals surface area contributed by atoms with Gasteiger partial charge >= 0.3 is 0 Å². The van der Waals surface area contributed by atoms with Crippen molar-refractivity contribution in [2.45, 2.75) is 38.6 Å². The van der Waals surface area contributed by atoms with Crippen LogP contribution in [0.2, 0.25) is 0 Å². The monoisotopic (exact) mass is 359 g/mol. The second-order valence-electron chi connectivity index (χ2n) is 7.60. The number of amides is 1. The number of hydrogen-bond acceptors (Lipinski definition) is 4. The average molecular weight is 360 g/mol. The molecule has 0 aliphatic carbocycles. The molecule has 0 bridgehead atoms. The highest BCUT2D eigenvalue weighted by Gasteiger charge is 2.25. The highest BCUT2D eigenvalue weighted by atomic mass is 16.5. The molecule has 1 amide bonds. The average Bonchev–Trinajstić information content (AvgIpc) is 2.72. The lowest BCUT2D eigenvalue weighted by Gasteiger charge is -2.38. The molecule has 1 aromatic rings. The van der Waals surface area contributed by atoms with Gasteiger partial charge in [-0.15, -0.1) is 0 Å². The highest BCUT2D eigenvalue weighted by Crippen LogP contribution is 2.25. The predicted molar refractivity (Wildman–Crippen MR) is 104 cm³/mol. The second kappa shape index (κ2) is 9.38. The molecule has 3 rings (SSSR count). The number of nitrogens with zero attached hydrogens (tertiary/aromatic N) is 2. The number of carbonyl (C=O) groups excluding carboxylic acids is 1. The molecule has 2 heterocycles. The van der Waals surface area contributed by atoms with Crippen LogP contribution < -0.4 is 10.1 Å². The fourth-order valence-corrected chi connectivity index (χ4v) is 4.13. The molecule has 2 aliphatic heterocycles. The third-order valence-electron chi connectivity index (χ3n) is 6.02. The maximum absolute atomic E-state index is 12.5. The van der Waals surface area contributed by atoms with Crippen LogP contribution in [0.3, 0.4) is 0 Å². The minimum Gasteiger partial charge on any atom is -0.497 e. The molecule has 0 spiro atoms. The van der Waals surface area contributed by atoms with Crippen LogP contribution in [-0.2, 0) is 4.79 Å². The number of nitrogens with one attached hydrogen (secondary N) is 1. The summed E-state index contributed by atoms with van der Waals surface area (Å²) in [5.41, 5.74) is 1.27. The Bertz CT molecular complexity index is 578. The Morgan fingerprint density at radius 1 is 1.23 bits per heavy atom. The van der Waals surface area contributed by atoms with E-state index in [1.165, 1.54) is 18.4 Å². The molecule has 5 heteroatoms. The van der Waals surface area contributed by atoms with Crippen molar-refractivity contribution in [3.63, 3.8) is 0 Å². The molecule has 1 aromatic carbocycles. The Labute approximate surface area is 157 Å². The fourth-order valence-electron chi connectivity index (χ4n) is 4.13. The van der Waals surface area contributed by atoms with Crippen LogP contribution in [0.5, 0.6) is 5.75 Å². The van der Waals surface area contributed by atoms with E-state index in [0.717, 1.165) is 63.8 Å². The van der Waals surface area contributed by atoms with Gasteiger partial charge in [0, 0.05) is 38.6 Å². The lowest BCUT2D eigenvalue weighted by molar-refractivity contribution is -0.133. The predicted octanol–water partition coefficient (Wildman–Crippen LogP) is 2.68. The molecule has 0 saturated carbocycles. The first kappa shape index (κ1) is 19.2. The molecule has 0 radical (unpaired) electrons. The Balaban J connectivity index is 1.44. The number of ether oxygens (including phenoxy) is 1. The third kappa shape index (κ3) is 4.98. The molecule has 2 saturated heterocycles. The van der Waals surface area contributed by atoms with Crippen molar-refractivity contribution in [1.29, 1.82) is 0 Å². The van der Waals surface area contributed by atoms with Crippen molar-refractivity contribution in [3.8, 4) is 5.75 Å². The third-order valence-corrected chi connectivity index (χ3v) is 6.02. The summed E-state index contributed by atoms with van der Waals surface area (Å²) in [6.45, 7) is 8.04. The number of benzene rings is 1. The molecular formula is C21H33N3O2. The van der Waals surface area contributed by atoms with Crippen LogP contribution in [-0.4, -0.2) is 62.1 Å². The molecule has 1 N–H and O–H groups in total. The van der Waals surface area contributed by atoms with Gasteiger partial charge in [0.1, 0.15) is 5.75 Å². The summed E-state index contributed by atoms with van der Waals surface area (Å²) < 4.78 is 5.34. The number of piperidine rings is 1. The zero-order valence-electron chi connectivity index (χ0n) is 16.2. The van der Waals surface area contributed by atoms with E-state index in [1.54, 1.807) is 7.11 Å². The van der Waals surface area contributed by atoms with Crippen LogP contribution in [0.1, 0.15) is 44.2 Å². The van der Waals surface area contributed by atoms with Gasteiger partial charge in [-0.3, -0.25) is 9.69 Å². The van der Waals surface area contributed by atoms with Crippen LogP contribution in [0.15, 0.2) is 24.3 Å². The Hall–Kier alpha value is -1.59. The summed E-state index contributed by atoms with van der Waals surface area (Å²) in [7, 11) is 1.71. The van der Waals surface area contributed by atoms with Gasteiger partial charge in [0.25, 0.3) is 0 Å². The summed E-state index contributed by atoms with van der Waals surface area (Å²) in [5, 5.41) is 3.39. The minimum atomic E-state index is 0.345. The van der Waals surface area contributed by atoms with Gasteiger partial charge < -0.3 is 15.0 Å². The smallest absolute Gasteiger partial charge is 0.222 e. The fraction of sp³-hybridized carbons (Fsp3) is 0.667. The van der Waals surface area contributed by atoms with E-state index in [1.807, 2.05) is 12.1 Å².